The molecule has 26 heavy (non-hydrogen) atoms. The molecule has 0 aliphatic rings. The smallest absolute Gasteiger partial charge is 0.279 e. The molecule has 138 valence electrons. The average Bonchev–Trinajstić information content (AvgIpc) is 3.13. The predicted octanol–water partition coefficient (Wildman–Crippen LogP) is 3.49. The number of halogens is 1. The highest BCUT2D eigenvalue weighted by molar-refractivity contribution is 9.10. The number of ether oxygens (including phenoxy) is 1. The molecule has 0 aliphatic carbocycles. The highest BCUT2D eigenvalue weighted by Gasteiger charge is 2.12. The third kappa shape index (κ3) is 6.08. The van der Waals surface area contributed by atoms with Crippen molar-refractivity contribution in [3.63, 3.8) is 0 Å². The van der Waals surface area contributed by atoms with Gasteiger partial charge in [0, 0.05) is 5.56 Å². The number of hydrogen-bond acceptors (Lipinski definition) is 5. The molecule has 2 amide bonds. The van der Waals surface area contributed by atoms with Crippen molar-refractivity contribution >= 4 is 56.4 Å². The van der Waals surface area contributed by atoms with Crippen LogP contribution in [-0.4, -0.2) is 23.5 Å². The molecule has 1 aromatic carbocycles. The van der Waals surface area contributed by atoms with Gasteiger partial charge in [-0.3, -0.25) is 25.8 Å². The van der Waals surface area contributed by atoms with Crippen molar-refractivity contribution in [3.05, 3.63) is 50.6 Å². The number of rotatable bonds is 5. The number of thiophene rings is 1. The van der Waals surface area contributed by atoms with Gasteiger partial charge in [-0.25, -0.2) is 0 Å². The molecule has 2 rings (SSSR count). The topological polar surface area (TPSA) is 79.5 Å². The van der Waals surface area contributed by atoms with Crippen molar-refractivity contribution in [1.29, 1.82) is 0 Å². The van der Waals surface area contributed by atoms with E-state index in [1.54, 1.807) is 35.7 Å². The van der Waals surface area contributed by atoms with E-state index in [4.69, 9.17) is 17.0 Å². The van der Waals surface area contributed by atoms with Gasteiger partial charge in [0.2, 0.25) is 0 Å². The first kappa shape index (κ1) is 20.3. The van der Waals surface area contributed by atoms with Crippen molar-refractivity contribution < 1.29 is 14.3 Å². The van der Waals surface area contributed by atoms with Gasteiger partial charge >= 0.3 is 0 Å². The summed E-state index contributed by atoms with van der Waals surface area (Å²) in [5, 5.41) is 4.29. The number of benzene rings is 1. The van der Waals surface area contributed by atoms with Crippen LogP contribution in [-0.2, 0) is 0 Å². The van der Waals surface area contributed by atoms with E-state index in [0.717, 1.165) is 0 Å². The molecule has 1 heterocycles. The van der Waals surface area contributed by atoms with E-state index in [1.165, 1.54) is 11.3 Å². The third-order valence-corrected chi connectivity index (χ3v) is 4.72. The monoisotopic (exact) mass is 455 g/mol. The molecule has 1 aromatic heterocycles. The number of hydrazine groups is 1. The number of carbonyl (C=O) groups is 2. The summed E-state index contributed by atoms with van der Waals surface area (Å²) in [7, 11) is 0. The second kappa shape index (κ2) is 9.65. The minimum atomic E-state index is -0.399. The second-order valence-corrected chi connectivity index (χ2v) is 7.90. The number of amides is 2. The standard InChI is InChI=1S/C17H18BrN3O3S2/c1-10(2)9-24-13-6-5-11(8-12(13)18)15(22)19-17(25)21-20-16(23)14-4-3-7-26-14/h3-8,10H,9H2,1-2H3,(H,20,23)(H2,19,21,22,25). The highest BCUT2D eigenvalue weighted by atomic mass is 79.9. The molecule has 0 saturated heterocycles. The molecular weight excluding hydrogens is 438 g/mol. The molecular formula is C17H18BrN3O3S2. The maximum absolute atomic E-state index is 12.2. The van der Waals surface area contributed by atoms with Crippen LogP contribution in [0.4, 0.5) is 0 Å². The number of nitrogens with one attached hydrogen (secondary N) is 3. The van der Waals surface area contributed by atoms with Gasteiger partial charge in [0.25, 0.3) is 11.8 Å². The van der Waals surface area contributed by atoms with Crippen LogP contribution in [0, 0.1) is 5.92 Å². The fourth-order valence-corrected chi connectivity index (χ4v) is 3.06. The maximum atomic E-state index is 12.2. The summed E-state index contributed by atoms with van der Waals surface area (Å²) in [4.78, 5) is 24.6. The summed E-state index contributed by atoms with van der Waals surface area (Å²) in [5.74, 6) is 0.340. The van der Waals surface area contributed by atoms with Gasteiger partial charge in [0.1, 0.15) is 5.75 Å². The molecule has 0 radical (unpaired) electrons. The molecule has 0 unspecified atom stereocenters. The number of hydrogen-bond donors (Lipinski definition) is 3. The van der Waals surface area contributed by atoms with Crippen LogP contribution in [0.25, 0.3) is 0 Å². The molecule has 6 nitrogen and oxygen atoms in total. The van der Waals surface area contributed by atoms with E-state index in [9.17, 15) is 9.59 Å². The van der Waals surface area contributed by atoms with Crippen molar-refractivity contribution in [2.45, 2.75) is 13.8 Å². The zero-order valence-electron chi connectivity index (χ0n) is 14.2. The summed E-state index contributed by atoms with van der Waals surface area (Å²) in [6.45, 7) is 4.70. The zero-order valence-corrected chi connectivity index (χ0v) is 17.4. The van der Waals surface area contributed by atoms with Gasteiger partial charge in [0.05, 0.1) is 16.0 Å². The highest BCUT2D eigenvalue weighted by Crippen LogP contribution is 2.26. The summed E-state index contributed by atoms with van der Waals surface area (Å²) in [6, 6.07) is 8.46. The fraction of sp³-hybridized carbons (Fsp3) is 0.235. The predicted molar refractivity (Wildman–Crippen MR) is 109 cm³/mol. The van der Waals surface area contributed by atoms with Crippen LogP contribution in [0.2, 0.25) is 0 Å². The van der Waals surface area contributed by atoms with Gasteiger partial charge < -0.3 is 4.74 Å². The Bertz CT molecular complexity index is 795. The Labute approximate surface area is 169 Å². The van der Waals surface area contributed by atoms with E-state index in [2.05, 4.69) is 45.9 Å². The summed E-state index contributed by atoms with van der Waals surface area (Å²) in [5.41, 5.74) is 5.33. The number of carbonyl (C=O) groups excluding carboxylic acids is 2. The molecule has 0 atom stereocenters. The molecule has 0 bridgehead atoms. The Balaban J connectivity index is 1.87. The van der Waals surface area contributed by atoms with E-state index in [0.29, 0.717) is 33.2 Å². The minimum Gasteiger partial charge on any atom is -0.492 e. The lowest BCUT2D eigenvalue weighted by Gasteiger charge is -2.12. The zero-order chi connectivity index (χ0) is 19.1. The Morgan fingerprint density at radius 1 is 1.23 bits per heavy atom. The summed E-state index contributed by atoms with van der Waals surface area (Å²) >= 11 is 9.71. The van der Waals surface area contributed by atoms with Gasteiger partial charge in [0.15, 0.2) is 5.11 Å². The Hall–Kier alpha value is -1.97. The quantitative estimate of drug-likeness (QED) is 0.474. The lowest BCUT2D eigenvalue weighted by atomic mass is 10.2. The molecule has 0 spiro atoms. The summed E-state index contributed by atoms with van der Waals surface area (Å²) < 4.78 is 6.33. The first-order valence-corrected chi connectivity index (χ1v) is 9.82. The SMILES string of the molecule is CC(C)COc1ccc(C(=O)NC(=S)NNC(=O)c2cccs2)cc1Br. The van der Waals surface area contributed by atoms with Gasteiger partial charge in [-0.05, 0) is 63.7 Å². The fourth-order valence-electron chi connectivity index (χ4n) is 1.81. The van der Waals surface area contributed by atoms with Crippen LogP contribution in [0.3, 0.4) is 0 Å². The van der Waals surface area contributed by atoms with E-state index in [1.807, 2.05) is 0 Å². The first-order valence-electron chi connectivity index (χ1n) is 7.74. The van der Waals surface area contributed by atoms with Crippen LogP contribution < -0.4 is 20.9 Å². The molecule has 0 saturated carbocycles. The largest absolute Gasteiger partial charge is 0.492 e. The van der Waals surface area contributed by atoms with Crippen LogP contribution >= 0.6 is 39.5 Å². The second-order valence-electron chi connectivity index (χ2n) is 5.69. The molecule has 2 aromatic rings. The molecule has 0 aliphatic heterocycles. The normalized spacial score (nSPS) is 10.3. The van der Waals surface area contributed by atoms with E-state index < -0.39 is 5.91 Å². The molecule has 0 fully saturated rings. The Morgan fingerprint density at radius 3 is 2.62 bits per heavy atom. The lowest BCUT2D eigenvalue weighted by Crippen LogP contribution is -2.48. The van der Waals surface area contributed by atoms with Gasteiger partial charge in [-0.15, -0.1) is 11.3 Å². The average molecular weight is 456 g/mol. The van der Waals surface area contributed by atoms with Crippen molar-refractivity contribution in [3.8, 4) is 5.75 Å². The van der Waals surface area contributed by atoms with E-state index >= 15 is 0 Å². The molecule has 9 heteroatoms. The van der Waals surface area contributed by atoms with Crippen molar-refractivity contribution in [2.75, 3.05) is 6.61 Å². The van der Waals surface area contributed by atoms with Gasteiger partial charge in [-0.1, -0.05) is 19.9 Å². The maximum Gasteiger partial charge on any atom is 0.279 e. The van der Waals surface area contributed by atoms with Crippen molar-refractivity contribution in [2.24, 2.45) is 5.92 Å². The Morgan fingerprint density at radius 2 is 2.00 bits per heavy atom. The minimum absolute atomic E-state index is 0.00355. The third-order valence-electron chi connectivity index (χ3n) is 3.03. The van der Waals surface area contributed by atoms with Crippen LogP contribution in [0.1, 0.15) is 33.9 Å². The van der Waals surface area contributed by atoms with Gasteiger partial charge in [-0.2, -0.15) is 0 Å². The number of thiocarbonyl (C=S) groups is 1. The van der Waals surface area contributed by atoms with E-state index in [-0.39, 0.29) is 11.0 Å². The van der Waals surface area contributed by atoms with Crippen LogP contribution in [0.15, 0.2) is 40.2 Å². The lowest BCUT2D eigenvalue weighted by molar-refractivity contribution is 0.0938. The van der Waals surface area contributed by atoms with Crippen molar-refractivity contribution in [1.82, 2.24) is 16.2 Å². The summed E-state index contributed by atoms with van der Waals surface area (Å²) in [6.07, 6.45) is 0. The first-order chi connectivity index (χ1) is 12.4. The Kier molecular flexibility index (Phi) is 7.55. The molecule has 3 N–H and O–H groups in total. The van der Waals surface area contributed by atoms with Crippen LogP contribution in [0.5, 0.6) is 5.75 Å².